The number of aromatic nitrogens is 3. The van der Waals surface area contributed by atoms with Crippen LogP contribution < -0.4 is 4.74 Å². The van der Waals surface area contributed by atoms with Crippen molar-refractivity contribution in [3.8, 4) is 17.1 Å². The molecule has 0 atom stereocenters. The molecule has 8 nitrogen and oxygen atoms in total. The van der Waals surface area contributed by atoms with Crippen LogP contribution in [-0.2, 0) is 6.54 Å². The number of ether oxygens (including phenoxy) is 1. The molecular formula is C23H23N5O3. The Morgan fingerprint density at radius 3 is 2.61 bits per heavy atom. The van der Waals surface area contributed by atoms with Gasteiger partial charge in [0.05, 0.1) is 13.7 Å². The van der Waals surface area contributed by atoms with Crippen LogP contribution in [0.2, 0.25) is 0 Å². The van der Waals surface area contributed by atoms with E-state index in [-0.39, 0.29) is 5.91 Å². The van der Waals surface area contributed by atoms with Crippen molar-refractivity contribution >= 4 is 16.8 Å². The Morgan fingerprint density at radius 2 is 1.87 bits per heavy atom. The van der Waals surface area contributed by atoms with Gasteiger partial charge in [-0.15, -0.1) is 0 Å². The van der Waals surface area contributed by atoms with E-state index in [1.165, 1.54) is 0 Å². The molecule has 4 aromatic rings. The van der Waals surface area contributed by atoms with E-state index < -0.39 is 0 Å². The van der Waals surface area contributed by atoms with Crippen molar-refractivity contribution in [2.45, 2.75) is 6.54 Å². The van der Waals surface area contributed by atoms with Crippen LogP contribution in [0.5, 0.6) is 5.75 Å². The maximum atomic E-state index is 12.9. The van der Waals surface area contributed by atoms with E-state index in [0.29, 0.717) is 37.0 Å². The molecule has 1 aliphatic heterocycles. The number of rotatable bonds is 5. The van der Waals surface area contributed by atoms with Crippen molar-refractivity contribution in [1.82, 2.24) is 24.9 Å². The number of piperazine rings is 1. The van der Waals surface area contributed by atoms with Gasteiger partial charge in [0.25, 0.3) is 5.91 Å². The molecule has 5 rings (SSSR count). The molecule has 158 valence electrons. The summed E-state index contributed by atoms with van der Waals surface area (Å²) in [6.07, 6.45) is 0. The molecule has 0 unspecified atom stereocenters. The summed E-state index contributed by atoms with van der Waals surface area (Å²) in [7, 11) is 1.63. The highest BCUT2D eigenvalue weighted by Crippen LogP contribution is 2.21. The number of nitrogens with one attached hydrogen (secondary N) is 1. The van der Waals surface area contributed by atoms with Gasteiger partial charge in [-0.25, -0.2) is 0 Å². The Morgan fingerprint density at radius 1 is 1.10 bits per heavy atom. The summed E-state index contributed by atoms with van der Waals surface area (Å²) >= 11 is 0. The van der Waals surface area contributed by atoms with Crippen LogP contribution in [0.25, 0.3) is 22.3 Å². The highest BCUT2D eigenvalue weighted by Gasteiger charge is 2.24. The van der Waals surface area contributed by atoms with Crippen molar-refractivity contribution in [2.75, 3.05) is 33.3 Å². The van der Waals surface area contributed by atoms with Gasteiger partial charge in [-0.1, -0.05) is 23.4 Å². The monoisotopic (exact) mass is 417 g/mol. The molecule has 31 heavy (non-hydrogen) atoms. The SMILES string of the molecule is COc1ccc(-c2noc(CN3CCN(C(=O)c4cc5ccccc5[nH]4)CC3)n2)cc1. The summed E-state index contributed by atoms with van der Waals surface area (Å²) in [5, 5.41) is 5.14. The van der Waals surface area contributed by atoms with Crippen LogP contribution in [0, 0.1) is 0 Å². The number of fused-ring (bicyclic) bond motifs is 1. The van der Waals surface area contributed by atoms with Crippen LogP contribution in [0.4, 0.5) is 0 Å². The zero-order valence-corrected chi connectivity index (χ0v) is 17.2. The zero-order chi connectivity index (χ0) is 21.2. The summed E-state index contributed by atoms with van der Waals surface area (Å²) in [6, 6.07) is 17.4. The standard InChI is InChI=1S/C23H23N5O3/c1-30-18-8-6-16(7-9-18)22-25-21(31-26-22)15-27-10-12-28(13-11-27)23(29)20-14-17-4-2-3-5-19(17)24-20/h2-9,14,24H,10-13,15H2,1H3. The lowest BCUT2D eigenvalue weighted by atomic mass is 10.2. The van der Waals surface area contributed by atoms with E-state index in [9.17, 15) is 4.79 Å². The highest BCUT2D eigenvalue weighted by molar-refractivity contribution is 5.98. The minimum atomic E-state index is 0.0374. The van der Waals surface area contributed by atoms with Crippen LogP contribution in [0.3, 0.4) is 0 Å². The number of hydrogen-bond acceptors (Lipinski definition) is 6. The first kappa shape index (κ1) is 19.3. The molecule has 1 saturated heterocycles. The largest absolute Gasteiger partial charge is 0.497 e. The smallest absolute Gasteiger partial charge is 0.270 e. The van der Waals surface area contributed by atoms with Gasteiger partial charge in [-0.3, -0.25) is 9.69 Å². The van der Waals surface area contributed by atoms with E-state index in [2.05, 4.69) is 20.0 Å². The van der Waals surface area contributed by atoms with E-state index in [1.54, 1.807) is 7.11 Å². The molecule has 1 amide bonds. The summed E-state index contributed by atoms with van der Waals surface area (Å²) in [4.78, 5) is 24.7. The van der Waals surface area contributed by atoms with Crippen molar-refractivity contribution in [1.29, 1.82) is 0 Å². The number of methoxy groups -OCH3 is 1. The molecule has 0 saturated carbocycles. The molecule has 8 heteroatoms. The Hall–Kier alpha value is -3.65. The molecular weight excluding hydrogens is 394 g/mol. The number of benzene rings is 2. The average Bonchev–Trinajstić information content (AvgIpc) is 3.46. The lowest BCUT2D eigenvalue weighted by molar-refractivity contribution is 0.0610. The average molecular weight is 417 g/mol. The first-order chi connectivity index (χ1) is 15.2. The molecule has 0 aliphatic carbocycles. The maximum absolute atomic E-state index is 12.9. The van der Waals surface area contributed by atoms with Gasteiger partial charge >= 0.3 is 0 Å². The lowest BCUT2D eigenvalue weighted by Crippen LogP contribution is -2.48. The fourth-order valence-electron chi connectivity index (χ4n) is 3.84. The third-order valence-electron chi connectivity index (χ3n) is 5.60. The summed E-state index contributed by atoms with van der Waals surface area (Å²) in [5.41, 5.74) is 2.49. The van der Waals surface area contributed by atoms with E-state index in [1.807, 2.05) is 59.5 Å². The van der Waals surface area contributed by atoms with Gasteiger partial charge in [0.15, 0.2) is 0 Å². The van der Waals surface area contributed by atoms with E-state index in [0.717, 1.165) is 35.3 Å². The van der Waals surface area contributed by atoms with Crippen LogP contribution >= 0.6 is 0 Å². The van der Waals surface area contributed by atoms with Crippen molar-refractivity contribution < 1.29 is 14.1 Å². The fraction of sp³-hybridized carbons (Fsp3) is 0.261. The quantitative estimate of drug-likeness (QED) is 0.537. The molecule has 1 aliphatic rings. The third kappa shape index (κ3) is 4.02. The molecule has 2 aromatic heterocycles. The first-order valence-corrected chi connectivity index (χ1v) is 10.3. The molecule has 0 radical (unpaired) electrons. The summed E-state index contributed by atoms with van der Waals surface area (Å²) in [5.74, 6) is 1.95. The predicted octanol–water partition coefficient (Wildman–Crippen LogP) is 3.18. The molecule has 3 heterocycles. The number of aromatic amines is 1. The van der Waals surface area contributed by atoms with E-state index in [4.69, 9.17) is 9.26 Å². The van der Waals surface area contributed by atoms with Crippen LogP contribution in [0.15, 0.2) is 59.1 Å². The van der Waals surface area contributed by atoms with E-state index >= 15 is 0 Å². The van der Waals surface area contributed by atoms with Gasteiger partial charge in [-0.05, 0) is 36.4 Å². The predicted molar refractivity (Wildman–Crippen MR) is 116 cm³/mol. The van der Waals surface area contributed by atoms with Gasteiger partial charge < -0.3 is 19.1 Å². The van der Waals surface area contributed by atoms with Gasteiger partial charge in [0.2, 0.25) is 11.7 Å². The minimum Gasteiger partial charge on any atom is -0.497 e. The minimum absolute atomic E-state index is 0.0374. The molecule has 2 aromatic carbocycles. The van der Waals surface area contributed by atoms with Gasteiger partial charge in [-0.2, -0.15) is 4.98 Å². The zero-order valence-electron chi connectivity index (χ0n) is 17.2. The maximum Gasteiger partial charge on any atom is 0.270 e. The summed E-state index contributed by atoms with van der Waals surface area (Å²) in [6.45, 7) is 3.40. The first-order valence-electron chi connectivity index (χ1n) is 10.3. The number of para-hydroxylation sites is 1. The number of hydrogen-bond donors (Lipinski definition) is 1. The second-order valence-corrected chi connectivity index (χ2v) is 7.58. The topological polar surface area (TPSA) is 87.5 Å². The Labute approximate surface area is 179 Å². The second kappa shape index (κ2) is 8.23. The Kier molecular flexibility index (Phi) is 5.13. The number of nitrogens with zero attached hydrogens (tertiary/aromatic N) is 4. The Bertz CT molecular complexity index is 1160. The molecule has 1 N–H and O–H groups in total. The third-order valence-corrected chi connectivity index (χ3v) is 5.60. The van der Waals surface area contributed by atoms with Crippen molar-refractivity contribution in [2.24, 2.45) is 0 Å². The highest BCUT2D eigenvalue weighted by atomic mass is 16.5. The number of carbonyl (C=O) groups excluding carboxylic acids is 1. The van der Waals surface area contributed by atoms with Gasteiger partial charge in [0, 0.05) is 42.6 Å². The molecule has 1 fully saturated rings. The second-order valence-electron chi connectivity index (χ2n) is 7.58. The van der Waals surface area contributed by atoms with Crippen LogP contribution in [0.1, 0.15) is 16.4 Å². The molecule has 0 bridgehead atoms. The lowest BCUT2D eigenvalue weighted by Gasteiger charge is -2.33. The summed E-state index contributed by atoms with van der Waals surface area (Å²) < 4.78 is 10.6. The van der Waals surface area contributed by atoms with Crippen molar-refractivity contribution in [3.05, 3.63) is 66.2 Å². The van der Waals surface area contributed by atoms with Gasteiger partial charge in [0.1, 0.15) is 11.4 Å². The molecule has 0 spiro atoms. The normalized spacial score (nSPS) is 14.8. The number of amides is 1. The fourth-order valence-corrected chi connectivity index (χ4v) is 3.84. The Balaban J connectivity index is 1.18. The number of carbonyl (C=O) groups is 1. The van der Waals surface area contributed by atoms with Crippen LogP contribution in [-0.4, -0.2) is 64.1 Å². The number of H-pyrrole nitrogens is 1. The van der Waals surface area contributed by atoms with Crippen molar-refractivity contribution in [3.63, 3.8) is 0 Å².